The van der Waals surface area contributed by atoms with Crippen LogP contribution < -0.4 is 0 Å². The van der Waals surface area contributed by atoms with Crippen LogP contribution >= 0.6 is 0 Å². The lowest BCUT2D eigenvalue weighted by Gasteiger charge is -2.41. The molecule has 0 aromatic rings. The van der Waals surface area contributed by atoms with E-state index in [0.717, 1.165) is 61.9 Å². The third kappa shape index (κ3) is 8.23. The van der Waals surface area contributed by atoms with Crippen LogP contribution in [0.15, 0.2) is 24.3 Å². The van der Waals surface area contributed by atoms with Gasteiger partial charge in [-0.1, -0.05) is 63.8 Å². The molecule has 2 saturated carbocycles. The fourth-order valence-electron chi connectivity index (χ4n) is 9.04. The summed E-state index contributed by atoms with van der Waals surface area (Å²) in [6, 6.07) is 0. The summed E-state index contributed by atoms with van der Waals surface area (Å²) in [7, 11) is 0. The summed E-state index contributed by atoms with van der Waals surface area (Å²) in [6.45, 7) is 19.4. The van der Waals surface area contributed by atoms with Crippen LogP contribution in [0, 0.1) is 47.3 Å². The minimum Gasteiger partial charge on any atom is -0.393 e. The van der Waals surface area contributed by atoms with Crippen molar-refractivity contribution in [2.45, 2.75) is 142 Å². The van der Waals surface area contributed by atoms with Gasteiger partial charge in [0, 0.05) is 0 Å². The van der Waals surface area contributed by atoms with Crippen molar-refractivity contribution in [3.63, 3.8) is 0 Å². The highest BCUT2D eigenvalue weighted by molar-refractivity contribution is 5.25. The number of fused-ring (bicyclic) bond motifs is 2. The number of aliphatic hydroxyl groups is 2. The molecule has 0 aromatic carbocycles. The maximum Gasteiger partial charge on any atom is 0.0571 e. The highest BCUT2D eigenvalue weighted by Gasteiger charge is 2.41. The number of aliphatic hydroxyl groups excluding tert-OH is 2. The van der Waals surface area contributed by atoms with Gasteiger partial charge in [-0.2, -0.15) is 0 Å². The van der Waals surface area contributed by atoms with Gasteiger partial charge < -0.3 is 19.7 Å². The molecular weight excluding hydrogens is 496 g/mol. The van der Waals surface area contributed by atoms with Crippen molar-refractivity contribution in [3.8, 4) is 0 Å². The van der Waals surface area contributed by atoms with E-state index in [0.29, 0.717) is 35.9 Å². The lowest BCUT2D eigenvalue weighted by atomic mass is 9.65. The second kappa shape index (κ2) is 15.2. The molecule has 2 N–H and O–H groups in total. The van der Waals surface area contributed by atoms with Crippen molar-refractivity contribution in [1.29, 1.82) is 0 Å². The highest BCUT2D eigenvalue weighted by Crippen LogP contribution is 2.46. The number of rotatable bonds is 11. The number of hydrogen-bond acceptors (Lipinski definition) is 4. The van der Waals surface area contributed by atoms with E-state index in [-0.39, 0.29) is 24.0 Å². The molecule has 0 bridgehead atoms. The van der Waals surface area contributed by atoms with Crippen LogP contribution in [0.2, 0.25) is 0 Å². The first-order chi connectivity index (χ1) is 19.2. The van der Waals surface area contributed by atoms with Crippen molar-refractivity contribution in [2.24, 2.45) is 47.3 Å². The van der Waals surface area contributed by atoms with Crippen molar-refractivity contribution >= 4 is 0 Å². The SMILES string of the molecule is C=C(CC[C@@H](O)[C@H](C)C1CCCC2CC[C@H](C)OCC21)C(=C)CC[C@@H](O)[C@H](C)C1CCCC2CC[C@H](C)OCC21. The summed E-state index contributed by atoms with van der Waals surface area (Å²) in [5, 5.41) is 22.4. The molecule has 4 heteroatoms. The first-order valence-corrected chi connectivity index (χ1v) is 17.1. The van der Waals surface area contributed by atoms with Gasteiger partial charge in [-0.3, -0.25) is 0 Å². The maximum absolute atomic E-state index is 11.2. The molecule has 2 heterocycles. The van der Waals surface area contributed by atoms with Gasteiger partial charge >= 0.3 is 0 Å². The Hall–Kier alpha value is -0.680. The Labute approximate surface area is 246 Å². The molecule has 2 saturated heterocycles. The zero-order chi connectivity index (χ0) is 28.8. The van der Waals surface area contributed by atoms with Crippen LogP contribution in [-0.2, 0) is 9.47 Å². The summed E-state index contributed by atoms with van der Waals surface area (Å²) in [5.41, 5.74) is 2.09. The van der Waals surface area contributed by atoms with Crippen molar-refractivity contribution in [3.05, 3.63) is 24.3 Å². The highest BCUT2D eigenvalue weighted by atomic mass is 16.5. The van der Waals surface area contributed by atoms with Gasteiger partial charge in [-0.15, -0.1) is 0 Å². The quantitative estimate of drug-likeness (QED) is 0.251. The summed E-state index contributed by atoms with van der Waals surface area (Å²) in [6.07, 6.45) is 15.7. The topological polar surface area (TPSA) is 58.9 Å². The molecule has 2 aliphatic heterocycles. The van der Waals surface area contributed by atoms with Gasteiger partial charge in [0.05, 0.1) is 37.6 Å². The number of hydrogen-bond donors (Lipinski definition) is 2. The Kier molecular flexibility index (Phi) is 12.2. The Balaban J connectivity index is 1.21. The molecule has 4 nitrogen and oxygen atoms in total. The van der Waals surface area contributed by atoms with E-state index in [9.17, 15) is 10.2 Å². The van der Waals surface area contributed by atoms with Crippen molar-refractivity contribution in [1.82, 2.24) is 0 Å². The monoisotopic (exact) mass is 558 g/mol. The van der Waals surface area contributed by atoms with E-state index >= 15 is 0 Å². The molecule has 40 heavy (non-hydrogen) atoms. The van der Waals surface area contributed by atoms with Crippen LogP contribution in [0.5, 0.6) is 0 Å². The average molecular weight is 559 g/mol. The van der Waals surface area contributed by atoms with Gasteiger partial charge in [0.25, 0.3) is 0 Å². The molecule has 0 amide bonds. The van der Waals surface area contributed by atoms with Gasteiger partial charge in [-0.05, 0) is 125 Å². The Morgan fingerprint density at radius 1 is 0.650 bits per heavy atom. The number of allylic oxidation sites excluding steroid dienone is 2. The zero-order valence-corrected chi connectivity index (χ0v) is 26.4. The third-order valence-electron chi connectivity index (χ3n) is 12.1. The first kappa shape index (κ1) is 32.2. The Bertz CT molecular complexity index is 743. The largest absolute Gasteiger partial charge is 0.393 e. The minimum absolute atomic E-state index is 0.281. The van der Waals surface area contributed by atoms with E-state index in [1.165, 1.54) is 64.2 Å². The third-order valence-corrected chi connectivity index (χ3v) is 12.1. The molecule has 4 aliphatic rings. The molecule has 12 atom stereocenters. The smallest absolute Gasteiger partial charge is 0.0571 e. The van der Waals surface area contributed by atoms with Gasteiger partial charge in [0.15, 0.2) is 0 Å². The summed E-state index contributed by atoms with van der Waals surface area (Å²) in [4.78, 5) is 0. The molecule has 0 spiro atoms. The van der Waals surface area contributed by atoms with Crippen LogP contribution in [0.4, 0.5) is 0 Å². The Morgan fingerprint density at radius 3 is 1.45 bits per heavy atom. The number of ether oxygens (including phenoxy) is 2. The van der Waals surface area contributed by atoms with E-state index < -0.39 is 0 Å². The van der Waals surface area contributed by atoms with Crippen LogP contribution in [-0.4, -0.2) is 47.8 Å². The van der Waals surface area contributed by atoms with Crippen LogP contribution in [0.3, 0.4) is 0 Å². The minimum atomic E-state index is -0.316. The van der Waals surface area contributed by atoms with Crippen molar-refractivity contribution < 1.29 is 19.7 Å². The standard InChI is InChI=1S/C36H62O4/c1-23(13-19-35(37)27(5)31-11-7-9-29-17-15-25(3)39-21-33(29)31)24(2)14-20-36(38)28(6)32-12-8-10-30-18-16-26(4)40-22-34(30)32/h25-38H,1-2,7-22H2,3-6H3/t25-,26-,27+,28+,29?,30?,31?,32?,33?,34?,35+,36+/m0/s1. The normalized spacial score (nSPS) is 38.0. The van der Waals surface area contributed by atoms with Crippen LogP contribution in [0.25, 0.3) is 0 Å². The predicted molar refractivity (Wildman–Crippen MR) is 165 cm³/mol. The maximum atomic E-state index is 11.2. The molecular formula is C36H62O4. The molecule has 0 radical (unpaired) electrons. The summed E-state index contributed by atoms with van der Waals surface area (Å²) in [5.74, 6) is 4.38. The zero-order valence-electron chi connectivity index (χ0n) is 26.4. The molecule has 0 aromatic heterocycles. The molecule has 6 unspecified atom stereocenters. The Morgan fingerprint density at radius 2 is 1.05 bits per heavy atom. The van der Waals surface area contributed by atoms with Gasteiger partial charge in [0.1, 0.15) is 0 Å². The lowest BCUT2D eigenvalue weighted by Crippen LogP contribution is -2.38. The molecule has 2 aliphatic carbocycles. The van der Waals surface area contributed by atoms with Crippen molar-refractivity contribution in [2.75, 3.05) is 13.2 Å². The lowest BCUT2D eigenvalue weighted by molar-refractivity contribution is -0.0227. The molecule has 4 fully saturated rings. The molecule has 4 rings (SSSR count). The second-order valence-corrected chi connectivity index (χ2v) is 14.6. The van der Waals surface area contributed by atoms with Crippen LogP contribution in [0.1, 0.15) is 118 Å². The van der Waals surface area contributed by atoms with E-state index in [1.54, 1.807) is 0 Å². The molecule has 230 valence electrons. The van der Waals surface area contributed by atoms with Gasteiger partial charge in [0.2, 0.25) is 0 Å². The summed E-state index contributed by atoms with van der Waals surface area (Å²) >= 11 is 0. The average Bonchev–Trinajstić information content (AvgIpc) is 3.28. The fraction of sp³-hybridized carbons (Fsp3) is 0.889. The van der Waals surface area contributed by atoms with E-state index in [4.69, 9.17) is 9.47 Å². The van der Waals surface area contributed by atoms with E-state index in [1.807, 2.05) is 0 Å². The predicted octanol–water partition coefficient (Wildman–Crippen LogP) is 8.12. The first-order valence-electron chi connectivity index (χ1n) is 17.1. The second-order valence-electron chi connectivity index (χ2n) is 14.6. The fourth-order valence-corrected chi connectivity index (χ4v) is 9.04. The van der Waals surface area contributed by atoms with E-state index in [2.05, 4.69) is 40.9 Å². The van der Waals surface area contributed by atoms with Gasteiger partial charge in [-0.25, -0.2) is 0 Å². The summed E-state index contributed by atoms with van der Waals surface area (Å²) < 4.78 is 12.3.